The van der Waals surface area contributed by atoms with E-state index >= 15 is 0 Å². The second-order valence-corrected chi connectivity index (χ2v) is 7.96. The van der Waals surface area contributed by atoms with Crippen LogP contribution in [0.15, 0.2) is 47.4 Å². The van der Waals surface area contributed by atoms with Crippen molar-refractivity contribution < 1.29 is 9.53 Å². The summed E-state index contributed by atoms with van der Waals surface area (Å²) in [5, 5.41) is 0. The second kappa shape index (κ2) is 9.74. The van der Waals surface area contributed by atoms with Gasteiger partial charge in [0, 0.05) is 32.4 Å². The number of methoxy groups -OCH3 is 1. The largest absolute Gasteiger partial charge is 0.497 e. The Morgan fingerprint density at radius 3 is 2.41 bits per heavy atom. The Balaban J connectivity index is 1.73. The first-order valence-corrected chi connectivity index (χ1v) is 10.2. The number of hydrogen-bond acceptors (Lipinski definition) is 4. The highest BCUT2D eigenvalue weighted by atomic mass is 16.5. The molecule has 6 nitrogen and oxygen atoms in total. The second-order valence-electron chi connectivity index (χ2n) is 7.96. The lowest BCUT2D eigenvalue weighted by Crippen LogP contribution is -2.41. The predicted molar refractivity (Wildman–Crippen MR) is 115 cm³/mol. The maximum absolute atomic E-state index is 13.2. The molecule has 1 aromatic carbocycles. The highest BCUT2D eigenvalue weighted by Gasteiger charge is 2.23. The SMILES string of the molecule is COc1ccc(CCN(CC2CCN(C)CC2)C(=O)c2ccc(=O)n(C)c2)cc1. The van der Waals surface area contributed by atoms with E-state index in [-0.39, 0.29) is 11.5 Å². The van der Waals surface area contributed by atoms with Crippen molar-refractivity contribution >= 4 is 5.91 Å². The van der Waals surface area contributed by atoms with Crippen molar-refractivity contribution in [3.05, 3.63) is 64.1 Å². The molecule has 0 unspecified atom stereocenters. The van der Waals surface area contributed by atoms with Crippen LogP contribution in [0.2, 0.25) is 0 Å². The van der Waals surface area contributed by atoms with Crippen LogP contribution in [0.1, 0.15) is 28.8 Å². The van der Waals surface area contributed by atoms with Crippen molar-refractivity contribution in [3.63, 3.8) is 0 Å². The van der Waals surface area contributed by atoms with Gasteiger partial charge in [0.1, 0.15) is 5.75 Å². The molecule has 2 aromatic rings. The number of amides is 1. The van der Waals surface area contributed by atoms with Gasteiger partial charge in [-0.15, -0.1) is 0 Å². The molecule has 0 bridgehead atoms. The first-order valence-electron chi connectivity index (χ1n) is 10.2. The number of ether oxygens (including phenoxy) is 1. The zero-order valence-electron chi connectivity index (χ0n) is 17.6. The third kappa shape index (κ3) is 5.70. The minimum atomic E-state index is -0.110. The van der Waals surface area contributed by atoms with Gasteiger partial charge in [0.05, 0.1) is 12.7 Å². The van der Waals surface area contributed by atoms with Gasteiger partial charge in [-0.05, 0) is 69.1 Å². The summed E-state index contributed by atoms with van der Waals surface area (Å²) in [7, 11) is 5.48. The molecule has 0 radical (unpaired) electrons. The average Bonchev–Trinajstić information content (AvgIpc) is 2.74. The van der Waals surface area contributed by atoms with Gasteiger partial charge in [-0.25, -0.2) is 0 Å². The van der Waals surface area contributed by atoms with Crippen molar-refractivity contribution in [2.24, 2.45) is 13.0 Å². The van der Waals surface area contributed by atoms with Crippen LogP contribution in [-0.2, 0) is 13.5 Å². The molecule has 1 aliphatic rings. The molecule has 0 saturated carbocycles. The van der Waals surface area contributed by atoms with E-state index < -0.39 is 0 Å². The Bertz CT molecular complexity index is 868. The molecule has 0 N–H and O–H groups in total. The summed E-state index contributed by atoms with van der Waals surface area (Å²) in [6, 6.07) is 11.1. The average molecular weight is 398 g/mol. The first kappa shape index (κ1) is 21.1. The summed E-state index contributed by atoms with van der Waals surface area (Å²) >= 11 is 0. The van der Waals surface area contributed by atoms with Crippen LogP contribution in [0, 0.1) is 5.92 Å². The number of aromatic nitrogens is 1. The number of carbonyl (C=O) groups is 1. The molecule has 156 valence electrons. The van der Waals surface area contributed by atoms with Crippen molar-refractivity contribution in [2.75, 3.05) is 40.3 Å². The molecule has 0 aliphatic carbocycles. The molecule has 29 heavy (non-hydrogen) atoms. The van der Waals surface area contributed by atoms with Gasteiger partial charge in [0.25, 0.3) is 5.91 Å². The molecule has 3 rings (SSSR count). The number of piperidine rings is 1. The lowest BCUT2D eigenvalue weighted by atomic mass is 9.96. The van der Waals surface area contributed by atoms with E-state index in [4.69, 9.17) is 4.74 Å². The zero-order chi connectivity index (χ0) is 20.8. The molecule has 6 heteroatoms. The molecule has 0 spiro atoms. The maximum Gasteiger partial charge on any atom is 0.255 e. The number of hydrogen-bond donors (Lipinski definition) is 0. The monoisotopic (exact) mass is 397 g/mol. The van der Waals surface area contributed by atoms with Crippen molar-refractivity contribution in [1.29, 1.82) is 0 Å². The van der Waals surface area contributed by atoms with Crippen LogP contribution in [-0.4, -0.2) is 60.6 Å². The third-order valence-corrected chi connectivity index (χ3v) is 5.77. The Morgan fingerprint density at radius 2 is 1.79 bits per heavy atom. The number of likely N-dealkylation sites (tertiary alicyclic amines) is 1. The smallest absolute Gasteiger partial charge is 0.255 e. The van der Waals surface area contributed by atoms with Crippen LogP contribution in [0.5, 0.6) is 5.75 Å². The zero-order valence-corrected chi connectivity index (χ0v) is 17.6. The number of benzene rings is 1. The predicted octanol–water partition coefficient (Wildman–Crippen LogP) is 2.42. The van der Waals surface area contributed by atoms with Gasteiger partial charge in [0.2, 0.25) is 5.56 Å². The summed E-state index contributed by atoms with van der Waals surface area (Å²) in [6.45, 7) is 3.56. The van der Waals surface area contributed by atoms with Crippen molar-refractivity contribution in [1.82, 2.24) is 14.4 Å². The van der Waals surface area contributed by atoms with Crippen LogP contribution < -0.4 is 10.3 Å². The molecule has 1 amide bonds. The van der Waals surface area contributed by atoms with Crippen LogP contribution in [0.3, 0.4) is 0 Å². The summed E-state index contributed by atoms with van der Waals surface area (Å²) in [4.78, 5) is 29.2. The minimum Gasteiger partial charge on any atom is -0.497 e. The lowest BCUT2D eigenvalue weighted by molar-refractivity contribution is 0.0699. The Labute approximate surface area is 172 Å². The fourth-order valence-corrected chi connectivity index (χ4v) is 3.79. The Hall–Kier alpha value is -2.60. The summed E-state index contributed by atoms with van der Waals surface area (Å²) in [5.41, 5.74) is 1.63. The molecule has 1 fully saturated rings. The normalized spacial score (nSPS) is 15.3. The van der Waals surface area contributed by atoms with Crippen LogP contribution >= 0.6 is 0 Å². The first-order chi connectivity index (χ1) is 14.0. The van der Waals surface area contributed by atoms with Crippen LogP contribution in [0.25, 0.3) is 0 Å². The van der Waals surface area contributed by atoms with E-state index in [1.807, 2.05) is 29.2 Å². The molecular formula is C23H31N3O3. The van der Waals surface area contributed by atoms with E-state index in [0.29, 0.717) is 18.0 Å². The molecule has 1 saturated heterocycles. The summed E-state index contributed by atoms with van der Waals surface area (Å²) < 4.78 is 6.69. The number of rotatable bonds is 7. The van der Waals surface area contributed by atoms with Gasteiger partial charge >= 0.3 is 0 Å². The van der Waals surface area contributed by atoms with E-state index in [0.717, 1.165) is 44.6 Å². The van der Waals surface area contributed by atoms with Crippen LogP contribution in [0.4, 0.5) is 0 Å². The summed E-state index contributed by atoms with van der Waals surface area (Å²) in [6.07, 6.45) is 4.64. The highest BCUT2D eigenvalue weighted by Crippen LogP contribution is 2.19. The van der Waals surface area contributed by atoms with Crippen molar-refractivity contribution in [2.45, 2.75) is 19.3 Å². The van der Waals surface area contributed by atoms with E-state index in [1.54, 1.807) is 26.4 Å². The number of aryl methyl sites for hydroxylation is 1. The standard InChI is InChI=1S/C23H31N3O3/c1-24-13-10-19(11-14-24)16-26(15-12-18-4-7-21(29-3)8-5-18)23(28)20-6-9-22(27)25(2)17-20/h4-9,17,19H,10-16H2,1-3H3. The Morgan fingerprint density at radius 1 is 1.10 bits per heavy atom. The number of pyridine rings is 1. The highest BCUT2D eigenvalue weighted by molar-refractivity contribution is 5.93. The van der Waals surface area contributed by atoms with Gasteiger partial charge in [-0.3, -0.25) is 9.59 Å². The van der Waals surface area contributed by atoms with Gasteiger partial charge in [-0.1, -0.05) is 12.1 Å². The lowest BCUT2D eigenvalue weighted by Gasteiger charge is -2.33. The summed E-state index contributed by atoms with van der Waals surface area (Å²) in [5.74, 6) is 1.34. The third-order valence-electron chi connectivity index (χ3n) is 5.77. The fraction of sp³-hybridized carbons (Fsp3) is 0.478. The molecule has 1 aromatic heterocycles. The molecule has 2 heterocycles. The van der Waals surface area contributed by atoms with Gasteiger partial charge in [0.15, 0.2) is 0 Å². The maximum atomic E-state index is 13.2. The molecule has 1 aliphatic heterocycles. The topological polar surface area (TPSA) is 54.8 Å². The quantitative estimate of drug-likeness (QED) is 0.720. The number of nitrogens with zero attached hydrogens (tertiary/aromatic N) is 3. The fourth-order valence-electron chi connectivity index (χ4n) is 3.79. The van der Waals surface area contributed by atoms with E-state index in [9.17, 15) is 9.59 Å². The van der Waals surface area contributed by atoms with Gasteiger partial charge < -0.3 is 19.1 Å². The molecular weight excluding hydrogens is 366 g/mol. The van der Waals surface area contributed by atoms with Gasteiger partial charge in [-0.2, -0.15) is 0 Å². The minimum absolute atomic E-state index is 0.00644. The molecule has 0 atom stereocenters. The Kier molecular flexibility index (Phi) is 7.09. The number of carbonyl (C=O) groups excluding carboxylic acids is 1. The van der Waals surface area contributed by atoms with Crippen molar-refractivity contribution in [3.8, 4) is 5.75 Å². The van der Waals surface area contributed by atoms with E-state index in [1.165, 1.54) is 16.2 Å². The van der Waals surface area contributed by atoms with E-state index in [2.05, 4.69) is 11.9 Å².